The van der Waals surface area contributed by atoms with Crippen molar-refractivity contribution in [3.63, 3.8) is 0 Å². The average molecular weight is 485 g/mol. The lowest BCUT2D eigenvalue weighted by Crippen LogP contribution is -2.29. The molecule has 1 atom stereocenters. The van der Waals surface area contributed by atoms with Crippen LogP contribution in [0.5, 0.6) is 5.75 Å². The smallest absolute Gasteiger partial charge is 0.301 e. The number of anilines is 1. The first-order chi connectivity index (χ1) is 16.9. The van der Waals surface area contributed by atoms with E-state index in [2.05, 4.69) is 18.0 Å². The summed E-state index contributed by atoms with van der Waals surface area (Å²) < 4.78 is 6.14. The molecule has 1 amide bonds. The van der Waals surface area contributed by atoms with Crippen molar-refractivity contribution in [3.05, 3.63) is 94.6 Å². The maximum Gasteiger partial charge on any atom is 0.301 e. The summed E-state index contributed by atoms with van der Waals surface area (Å²) in [4.78, 5) is 32.8. The first-order valence-corrected chi connectivity index (χ1v) is 12.1. The zero-order valence-electron chi connectivity index (χ0n) is 19.6. The third-order valence-electron chi connectivity index (χ3n) is 6.26. The first-order valence-electron chi connectivity index (χ1n) is 11.3. The normalized spacial score (nSPS) is 17.3. The van der Waals surface area contributed by atoms with Crippen molar-refractivity contribution < 1.29 is 19.4 Å². The van der Waals surface area contributed by atoms with Crippen LogP contribution in [0, 0.1) is 6.92 Å². The van der Waals surface area contributed by atoms with Crippen molar-refractivity contribution in [2.75, 3.05) is 12.0 Å². The van der Waals surface area contributed by atoms with Gasteiger partial charge >= 0.3 is 5.91 Å². The van der Waals surface area contributed by atoms with Gasteiger partial charge in [0.2, 0.25) is 0 Å². The molecule has 3 aromatic carbocycles. The fraction of sp³-hybridized carbons (Fsp3) is 0.179. The number of nitrogens with zero attached hydrogens (tertiary/aromatic N) is 2. The second-order valence-electron chi connectivity index (χ2n) is 8.46. The van der Waals surface area contributed by atoms with Gasteiger partial charge in [-0.2, -0.15) is 0 Å². The molecule has 1 saturated heterocycles. The fourth-order valence-corrected chi connectivity index (χ4v) is 5.33. The lowest BCUT2D eigenvalue weighted by Gasteiger charge is -2.23. The third-order valence-corrected chi connectivity index (χ3v) is 7.27. The largest absolute Gasteiger partial charge is 0.507 e. The van der Waals surface area contributed by atoms with Crippen molar-refractivity contribution >= 4 is 44.1 Å². The number of hydrogen-bond donors (Lipinski definition) is 1. The van der Waals surface area contributed by atoms with Crippen molar-refractivity contribution in [2.45, 2.75) is 26.3 Å². The molecule has 1 aromatic heterocycles. The molecular weight excluding hydrogens is 460 g/mol. The molecule has 0 spiro atoms. The van der Waals surface area contributed by atoms with Gasteiger partial charge in [-0.1, -0.05) is 54.2 Å². The summed E-state index contributed by atoms with van der Waals surface area (Å²) in [6, 6.07) is 19.5. The fourth-order valence-electron chi connectivity index (χ4n) is 4.28. The summed E-state index contributed by atoms with van der Waals surface area (Å²) in [5.74, 6) is -1.05. The van der Waals surface area contributed by atoms with Gasteiger partial charge in [-0.05, 0) is 60.9 Å². The molecule has 1 aliphatic heterocycles. The molecule has 1 fully saturated rings. The first kappa shape index (κ1) is 22.8. The molecule has 2 heterocycles. The molecule has 35 heavy (non-hydrogen) atoms. The zero-order chi connectivity index (χ0) is 24.7. The van der Waals surface area contributed by atoms with Crippen LogP contribution in [-0.2, 0) is 16.0 Å². The van der Waals surface area contributed by atoms with E-state index in [4.69, 9.17) is 4.74 Å². The monoisotopic (exact) mass is 484 g/mol. The minimum absolute atomic E-state index is 0.0394. The van der Waals surface area contributed by atoms with Crippen LogP contribution in [0.15, 0.2) is 72.3 Å². The van der Waals surface area contributed by atoms with Crippen LogP contribution in [0.1, 0.15) is 35.2 Å². The van der Waals surface area contributed by atoms with E-state index in [1.54, 1.807) is 31.4 Å². The minimum atomic E-state index is -0.802. The van der Waals surface area contributed by atoms with Gasteiger partial charge in [0.05, 0.1) is 28.9 Å². The number of hydrogen-bond acceptors (Lipinski definition) is 6. The van der Waals surface area contributed by atoms with E-state index in [1.807, 2.05) is 43.3 Å². The van der Waals surface area contributed by atoms with Crippen LogP contribution in [0.3, 0.4) is 0 Å². The zero-order valence-corrected chi connectivity index (χ0v) is 20.4. The predicted molar refractivity (Wildman–Crippen MR) is 138 cm³/mol. The highest BCUT2D eigenvalue weighted by molar-refractivity contribution is 7.22. The quantitative estimate of drug-likeness (QED) is 0.220. The predicted octanol–water partition coefficient (Wildman–Crippen LogP) is 5.80. The highest BCUT2D eigenvalue weighted by Crippen LogP contribution is 2.44. The maximum atomic E-state index is 13.4. The van der Waals surface area contributed by atoms with E-state index in [0.29, 0.717) is 16.4 Å². The van der Waals surface area contributed by atoms with E-state index in [1.165, 1.54) is 21.8 Å². The lowest BCUT2D eigenvalue weighted by atomic mass is 9.95. The number of rotatable bonds is 5. The Hall–Kier alpha value is -3.97. The van der Waals surface area contributed by atoms with Crippen LogP contribution in [0.2, 0.25) is 0 Å². The summed E-state index contributed by atoms with van der Waals surface area (Å²) >= 11 is 1.37. The number of ether oxygens (including phenoxy) is 1. The summed E-state index contributed by atoms with van der Waals surface area (Å²) in [5, 5.41) is 11.7. The number of aliphatic hydroxyl groups is 1. The SMILES string of the molecule is CCc1ccc2nc(N3C(=O)C(=O)/C(=C(/O)c4ccc(OC)cc4)C3c3ccc(C)cc3)sc2c1. The Morgan fingerprint density at radius 2 is 1.77 bits per heavy atom. The number of amides is 1. The van der Waals surface area contributed by atoms with Crippen molar-refractivity contribution in [3.8, 4) is 5.75 Å². The number of thiazole rings is 1. The van der Waals surface area contributed by atoms with Gasteiger partial charge in [0.25, 0.3) is 5.78 Å². The third kappa shape index (κ3) is 3.98. The Morgan fingerprint density at radius 3 is 2.43 bits per heavy atom. The molecule has 0 saturated carbocycles. The number of Topliss-reactive ketones (excluding diaryl/α,β-unsaturated/α-hetero) is 1. The van der Waals surface area contributed by atoms with Crippen LogP contribution < -0.4 is 9.64 Å². The molecule has 4 aromatic rings. The Morgan fingerprint density at radius 1 is 1.06 bits per heavy atom. The maximum absolute atomic E-state index is 13.4. The van der Waals surface area contributed by atoms with E-state index in [9.17, 15) is 14.7 Å². The topological polar surface area (TPSA) is 79.7 Å². The molecule has 1 unspecified atom stereocenters. The van der Waals surface area contributed by atoms with E-state index in [0.717, 1.165) is 27.8 Å². The highest BCUT2D eigenvalue weighted by atomic mass is 32.1. The van der Waals surface area contributed by atoms with Gasteiger partial charge < -0.3 is 9.84 Å². The van der Waals surface area contributed by atoms with E-state index in [-0.39, 0.29) is 11.3 Å². The number of fused-ring (bicyclic) bond motifs is 1. The minimum Gasteiger partial charge on any atom is -0.507 e. The Balaban J connectivity index is 1.69. The number of aryl methyl sites for hydroxylation is 2. The number of methoxy groups -OCH3 is 1. The molecule has 0 aliphatic carbocycles. The second kappa shape index (κ2) is 9.00. The summed E-state index contributed by atoms with van der Waals surface area (Å²) in [7, 11) is 1.55. The molecule has 0 radical (unpaired) electrons. The van der Waals surface area contributed by atoms with Crippen LogP contribution in [-0.4, -0.2) is 28.9 Å². The van der Waals surface area contributed by atoms with Gasteiger partial charge in [0.1, 0.15) is 11.5 Å². The molecular formula is C28H24N2O4S. The number of aromatic nitrogens is 1. The molecule has 7 heteroatoms. The summed E-state index contributed by atoms with van der Waals surface area (Å²) in [6.07, 6.45) is 0.888. The van der Waals surface area contributed by atoms with Gasteiger partial charge in [-0.15, -0.1) is 0 Å². The van der Waals surface area contributed by atoms with Gasteiger partial charge in [-0.25, -0.2) is 4.98 Å². The molecule has 1 aliphatic rings. The van der Waals surface area contributed by atoms with E-state index < -0.39 is 17.7 Å². The molecule has 5 rings (SSSR count). The molecule has 0 bridgehead atoms. The molecule has 176 valence electrons. The number of benzene rings is 3. The number of aliphatic hydroxyl groups excluding tert-OH is 1. The Kier molecular flexibility index (Phi) is 5.86. The molecule has 1 N–H and O–H groups in total. The molecule has 6 nitrogen and oxygen atoms in total. The van der Waals surface area contributed by atoms with Gasteiger partial charge in [0.15, 0.2) is 5.13 Å². The summed E-state index contributed by atoms with van der Waals surface area (Å²) in [5.41, 5.74) is 4.17. The summed E-state index contributed by atoms with van der Waals surface area (Å²) in [6.45, 7) is 4.05. The number of ketones is 1. The number of carbonyl (C=O) groups is 2. The standard InChI is InChI=1S/C28H24N2O4S/c1-4-17-7-14-21-22(15-17)35-28(29-21)30-24(18-8-5-16(2)6-9-18)23(26(32)27(30)33)25(31)19-10-12-20(34-3)13-11-19/h5-15,24,31H,4H2,1-3H3/b25-23+. The van der Waals surface area contributed by atoms with Crippen LogP contribution in [0.25, 0.3) is 16.0 Å². The van der Waals surface area contributed by atoms with Crippen LogP contribution in [0.4, 0.5) is 5.13 Å². The van der Waals surface area contributed by atoms with Gasteiger partial charge in [-0.3, -0.25) is 14.5 Å². The van der Waals surface area contributed by atoms with E-state index >= 15 is 0 Å². The van der Waals surface area contributed by atoms with Crippen LogP contribution >= 0.6 is 11.3 Å². The lowest BCUT2D eigenvalue weighted by molar-refractivity contribution is -0.132. The number of carbonyl (C=O) groups excluding carboxylic acids is 2. The average Bonchev–Trinajstić information content (AvgIpc) is 3.41. The van der Waals surface area contributed by atoms with Crippen molar-refractivity contribution in [2.24, 2.45) is 0 Å². The second-order valence-corrected chi connectivity index (χ2v) is 9.47. The Bertz CT molecular complexity index is 1470. The van der Waals surface area contributed by atoms with Gasteiger partial charge in [0, 0.05) is 5.56 Å². The van der Waals surface area contributed by atoms with Crippen molar-refractivity contribution in [1.29, 1.82) is 0 Å². The van der Waals surface area contributed by atoms with Crippen molar-refractivity contribution in [1.82, 2.24) is 4.98 Å². The highest BCUT2D eigenvalue weighted by Gasteiger charge is 2.48. The Labute approximate surface area is 207 Å².